The molecule has 0 bridgehead atoms. The van der Waals surface area contributed by atoms with Crippen molar-refractivity contribution in [1.29, 1.82) is 0 Å². The van der Waals surface area contributed by atoms with Crippen molar-refractivity contribution >= 4 is 24.0 Å². The molecule has 0 spiro atoms. The fraction of sp³-hybridized carbons (Fsp3) is 0.478. The minimum atomic E-state index is 0. The summed E-state index contributed by atoms with van der Waals surface area (Å²) in [7, 11) is 0. The van der Waals surface area contributed by atoms with Crippen molar-refractivity contribution in [3.8, 4) is 11.5 Å². The van der Waals surface area contributed by atoms with Crippen molar-refractivity contribution in [2.45, 2.75) is 46.3 Å². The van der Waals surface area contributed by atoms with Gasteiger partial charge in [0.2, 0.25) is 0 Å². The van der Waals surface area contributed by atoms with Crippen LogP contribution in [-0.4, -0.2) is 26.4 Å². The number of rotatable bonds is 14. The second-order valence-corrected chi connectivity index (χ2v) is 6.96. The molecule has 6 heteroatoms. The molecule has 0 saturated carbocycles. The number of ether oxygens (including phenoxy) is 3. The minimum Gasteiger partial charge on any atom is -0.490 e. The number of benzene rings is 2. The monoisotopic (exact) mass is 441 g/mol. The number of unbranched alkanes of at least 4 members (excludes halogenated alkanes) is 1. The molecule has 0 aliphatic rings. The molecule has 0 radical (unpaired) electrons. The summed E-state index contributed by atoms with van der Waals surface area (Å²) >= 11 is 6.26. The SMILES string of the molecule is CCCCOCCCNCc1cccc(OCC)c1OCc1ccccc1Cl.Cl. The largest absolute Gasteiger partial charge is 0.490 e. The molecule has 162 valence electrons. The molecule has 0 heterocycles. The van der Waals surface area contributed by atoms with Gasteiger partial charge in [-0.25, -0.2) is 0 Å². The zero-order valence-corrected chi connectivity index (χ0v) is 19.0. The molecule has 0 aromatic heterocycles. The van der Waals surface area contributed by atoms with Gasteiger partial charge in [-0.05, 0) is 38.4 Å². The van der Waals surface area contributed by atoms with Gasteiger partial charge in [0.15, 0.2) is 11.5 Å². The fourth-order valence-electron chi connectivity index (χ4n) is 2.77. The Morgan fingerprint density at radius 3 is 2.41 bits per heavy atom. The standard InChI is InChI=1S/C23H32ClNO3.ClH/c1-3-5-15-26-16-9-14-25-17-19-11-8-13-22(27-4-2)23(19)28-18-20-10-6-7-12-21(20)24;/h6-8,10-13,25H,3-5,9,14-18H2,1-2H3;1H. The zero-order valence-electron chi connectivity index (χ0n) is 17.4. The highest BCUT2D eigenvalue weighted by Gasteiger charge is 2.12. The molecule has 0 aliphatic heterocycles. The summed E-state index contributed by atoms with van der Waals surface area (Å²) in [6.45, 7) is 8.40. The lowest BCUT2D eigenvalue weighted by Crippen LogP contribution is -2.17. The van der Waals surface area contributed by atoms with Crippen LogP contribution in [0.3, 0.4) is 0 Å². The van der Waals surface area contributed by atoms with E-state index in [2.05, 4.69) is 18.3 Å². The van der Waals surface area contributed by atoms with Crippen LogP contribution in [-0.2, 0) is 17.9 Å². The molecule has 0 atom stereocenters. The maximum absolute atomic E-state index is 6.26. The first kappa shape index (κ1) is 25.6. The predicted octanol–water partition coefficient (Wildman–Crippen LogP) is 6.04. The van der Waals surface area contributed by atoms with Crippen molar-refractivity contribution in [3.05, 3.63) is 58.6 Å². The van der Waals surface area contributed by atoms with Gasteiger partial charge in [-0.2, -0.15) is 0 Å². The van der Waals surface area contributed by atoms with Crippen LogP contribution in [0.4, 0.5) is 0 Å². The third-order valence-corrected chi connectivity index (χ3v) is 4.66. The van der Waals surface area contributed by atoms with Crippen LogP contribution < -0.4 is 14.8 Å². The van der Waals surface area contributed by atoms with Gasteiger partial charge in [-0.1, -0.05) is 55.3 Å². The molecule has 0 fully saturated rings. The number of halogens is 2. The zero-order chi connectivity index (χ0) is 20.0. The van der Waals surface area contributed by atoms with Gasteiger partial charge in [0.05, 0.1) is 6.61 Å². The molecular weight excluding hydrogens is 409 g/mol. The average molecular weight is 442 g/mol. The van der Waals surface area contributed by atoms with Crippen LogP contribution >= 0.6 is 24.0 Å². The summed E-state index contributed by atoms with van der Waals surface area (Å²) in [5.74, 6) is 1.53. The highest BCUT2D eigenvalue weighted by molar-refractivity contribution is 6.31. The highest BCUT2D eigenvalue weighted by Crippen LogP contribution is 2.32. The van der Waals surface area contributed by atoms with Gasteiger partial charge in [0.1, 0.15) is 6.61 Å². The number of hydrogen-bond donors (Lipinski definition) is 1. The van der Waals surface area contributed by atoms with E-state index in [1.165, 1.54) is 6.42 Å². The van der Waals surface area contributed by atoms with E-state index in [0.29, 0.717) is 24.8 Å². The molecule has 0 aliphatic carbocycles. The highest BCUT2D eigenvalue weighted by atomic mass is 35.5. The molecule has 2 rings (SSSR count). The summed E-state index contributed by atoms with van der Waals surface area (Å²) in [6, 6.07) is 13.7. The van der Waals surface area contributed by atoms with E-state index in [1.807, 2.05) is 43.3 Å². The maximum atomic E-state index is 6.26. The average Bonchev–Trinajstić information content (AvgIpc) is 2.70. The Balaban J connectivity index is 0.00000420. The number of para-hydroxylation sites is 1. The summed E-state index contributed by atoms with van der Waals surface area (Å²) in [5, 5.41) is 4.18. The van der Waals surface area contributed by atoms with Crippen molar-refractivity contribution in [3.63, 3.8) is 0 Å². The Kier molecular flexibility index (Phi) is 13.6. The summed E-state index contributed by atoms with van der Waals surface area (Å²) < 4.78 is 17.5. The van der Waals surface area contributed by atoms with Crippen molar-refractivity contribution in [2.75, 3.05) is 26.4 Å². The Morgan fingerprint density at radius 1 is 0.897 bits per heavy atom. The van der Waals surface area contributed by atoms with Crippen LogP contribution in [0.25, 0.3) is 0 Å². The molecule has 0 unspecified atom stereocenters. The van der Waals surface area contributed by atoms with Crippen LogP contribution in [0.5, 0.6) is 11.5 Å². The van der Waals surface area contributed by atoms with E-state index < -0.39 is 0 Å². The second-order valence-electron chi connectivity index (χ2n) is 6.55. The molecule has 2 aromatic carbocycles. The Bertz CT molecular complexity index is 698. The lowest BCUT2D eigenvalue weighted by molar-refractivity contribution is 0.128. The van der Waals surface area contributed by atoms with E-state index in [1.54, 1.807) is 0 Å². The lowest BCUT2D eigenvalue weighted by atomic mass is 10.1. The van der Waals surface area contributed by atoms with Crippen molar-refractivity contribution < 1.29 is 14.2 Å². The predicted molar refractivity (Wildman–Crippen MR) is 123 cm³/mol. The summed E-state index contributed by atoms with van der Waals surface area (Å²) in [4.78, 5) is 0. The first-order valence-electron chi connectivity index (χ1n) is 10.2. The topological polar surface area (TPSA) is 39.7 Å². The molecule has 0 amide bonds. The van der Waals surface area contributed by atoms with Crippen LogP contribution in [0.1, 0.15) is 44.2 Å². The van der Waals surface area contributed by atoms with E-state index in [4.69, 9.17) is 25.8 Å². The maximum Gasteiger partial charge on any atom is 0.166 e. The number of nitrogens with one attached hydrogen (secondary N) is 1. The molecule has 0 saturated heterocycles. The summed E-state index contributed by atoms with van der Waals surface area (Å²) in [5.41, 5.74) is 2.03. The van der Waals surface area contributed by atoms with Gasteiger partial charge in [-0.3, -0.25) is 0 Å². The Morgan fingerprint density at radius 2 is 1.66 bits per heavy atom. The van der Waals surface area contributed by atoms with E-state index in [0.717, 1.165) is 55.2 Å². The summed E-state index contributed by atoms with van der Waals surface area (Å²) in [6.07, 6.45) is 3.29. The third-order valence-electron chi connectivity index (χ3n) is 4.29. The minimum absolute atomic E-state index is 0. The number of hydrogen-bond acceptors (Lipinski definition) is 4. The Hall–Kier alpha value is -1.46. The molecule has 29 heavy (non-hydrogen) atoms. The molecular formula is C23H33Cl2NO3. The molecule has 1 N–H and O–H groups in total. The molecule has 4 nitrogen and oxygen atoms in total. The van der Waals surface area contributed by atoms with Crippen molar-refractivity contribution in [1.82, 2.24) is 5.32 Å². The second kappa shape index (κ2) is 15.4. The van der Waals surface area contributed by atoms with Gasteiger partial charge < -0.3 is 19.5 Å². The lowest BCUT2D eigenvalue weighted by Gasteiger charge is -2.17. The van der Waals surface area contributed by atoms with Crippen molar-refractivity contribution in [2.24, 2.45) is 0 Å². The van der Waals surface area contributed by atoms with E-state index in [9.17, 15) is 0 Å². The first-order chi connectivity index (χ1) is 13.8. The van der Waals surface area contributed by atoms with Crippen LogP contribution in [0.15, 0.2) is 42.5 Å². The normalized spacial score (nSPS) is 10.4. The van der Waals surface area contributed by atoms with Crippen LogP contribution in [0, 0.1) is 0 Å². The Labute approximate surface area is 186 Å². The molecule has 2 aromatic rings. The van der Waals surface area contributed by atoms with Crippen LogP contribution in [0.2, 0.25) is 5.02 Å². The smallest absolute Gasteiger partial charge is 0.166 e. The third kappa shape index (κ3) is 9.26. The van der Waals surface area contributed by atoms with Gasteiger partial charge in [0.25, 0.3) is 0 Å². The van der Waals surface area contributed by atoms with Gasteiger partial charge >= 0.3 is 0 Å². The quantitative estimate of drug-likeness (QED) is 0.363. The van der Waals surface area contributed by atoms with Gasteiger partial charge in [0, 0.05) is 35.9 Å². The van der Waals surface area contributed by atoms with E-state index >= 15 is 0 Å². The fourth-order valence-corrected chi connectivity index (χ4v) is 2.96. The van der Waals surface area contributed by atoms with E-state index in [-0.39, 0.29) is 12.4 Å². The van der Waals surface area contributed by atoms with Gasteiger partial charge in [-0.15, -0.1) is 12.4 Å². The first-order valence-corrected chi connectivity index (χ1v) is 10.5.